The molecule has 1 aliphatic carbocycles. The molecular weight excluding hydrogens is 541 g/mol. The molecule has 0 saturated heterocycles. The van der Waals surface area contributed by atoms with Crippen molar-refractivity contribution >= 4 is 35.4 Å². The van der Waals surface area contributed by atoms with Crippen molar-refractivity contribution in [1.82, 2.24) is 30.2 Å². The van der Waals surface area contributed by atoms with Gasteiger partial charge in [-0.15, -0.1) is 11.8 Å². The summed E-state index contributed by atoms with van der Waals surface area (Å²) < 4.78 is 41.3. The van der Waals surface area contributed by atoms with Gasteiger partial charge in [0.1, 0.15) is 18.1 Å². The van der Waals surface area contributed by atoms with E-state index in [-0.39, 0.29) is 35.6 Å². The Morgan fingerprint density at radius 1 is 1.20 bits per heavy atom. The van der Waals surface area contributed by atoms with E-state index in [0.717, 1.165) is 41.0 Å². The number of thioether (sulfide) groups is 1. The quantitative estimate of drug-likeness (QED) is 0.149. The Morgan fingerprint density at radius 2 is 1.95 bits per heavy atom. The molecule has 1 N–H and O–H groups in total. The third kappa shape index (κ3) is 6.75. The van der Waals surface area contributed by atoms with Crippen molar-refractivity contribution in [2.45, 2.75) is 70.1 Å². The molecule has 4 rings (SSSR count). The molecule has 1 fully saturated rings. The number of halogens is 3. The van der Waals surface area contributed by atoms with E-state index >= 15 is 0 Å². The van der Waals surface area contributed by atoms with Crippen LogP contribution in [0, 0.1) is 13.8 Å². The third-order valence-corrected chi connectivity index (χ3v) is 7.45. The average molecular weight is 573 g/mol. The molecule has 40 heavy (non-hydrogen) atoms. The van der Waals surface area contributed by atoms with Crippen molar-refractivity contribution in [3.63, 3.8) is 0 Å². The molecule has 3 aromatic rings. The van der Waals surface area contributed by atoms with Crippen LogP contribution in [-0.4, -0.2) is 62.1 Å². The fraction of sp³-hybridized carbons (Fsp3) is 0.444. The number of hydrogen-bond donors (Lipinski definition) is 1. The number of aromatic nitrogens is 5. The predicted molar refractivity (Wildman–Crippen MR) is 149 cm³/mol. The fourth-order valence-electron chi connectivity index (χ4n) is 4.05. The second kappa shape index (κ2) is 12.3. The Kier molecular flexibility index (Phi) is 9.02. The number of carbonyl (C=O) groups excluding carboxylic acids is 1. The number of nitrogens with zero attached hydrogens (tertiary/aromatic N) is 7. The molecule has 0 aromatic carbocycles. The normalized spacial score (nSPS) is 14.7. The number of hydrogen-bond acceptors (Lipinski definition) is 9. The van der Waals surface area contributed by atoms with Gasteiger partial charge in [-0.05, 0) is 51.5 Å². The number of aldehydes is 1. The molecule has 0 aliphatic heterocycles. The monoisotopic (exact) mass is 572 g/mol. The van der Waals surface area contributed by atoms with Crippen LogP contribution in [0.25, 0.3) is 11.4 Å². The van der Waals surface area contributed by atoms with E-state index in [0.29, 0.717) is 28.9 Å². The summed E-state index contributed by atoms with van der Waals surface area (Å²) in [7, 11) is 1.30. The summed E-state index contributed by atoms with van der Waals surface area (Å²) >= 11 is 1.66. The molecule has 1 saturated carbocycles. The van der Waals surface area contributed by atoms with Gasteiger partial charge in [0.05, 0.1) is 34.9 Å². The van der Waals surface area contributed by atoms with Gasteiger partial charge in [-0.3, -0.25) is 9.78 Å². The highest BCUT2D eigenvalue weighted by Crippen LogP contribution is 2.44. The first-order chi connectivity index (χ1) is 19.0. The zero-order valence-corrected chi connectivity index (χ0v) is 23.8. The Labute approximate surface area is 235 Å². The molecule has 3 heterocycles. The molecule has 13 heteroatoms. The summed E-state index contributed by atoms with van der Waals surface area (Å²) in [4.78, 5) is 40.6. The third-order valence-electron chi connectivity index (χ3n) is 6.59. The van der Waals surface area contributed by atoms with E-state index in [1.807, 2.05) is 19.1 Å². The Bertz CT molecular complexity index is 1390. The van der Waals surface area contributed by atoms with Gasteiger partial charge in [0.2, 0.25) is 0 Å². The topological polar surface area (TPSA) is 109 Å². The molecule has 1 aliphatic rings. The zero-order valence-electron chi connectivity index (χ0n) is 23.0. The largest absolute Gasteiger partial charge is 0.408 e. The molecule has 0 amide bonds. The maximum absolute atomic E-state index is 13.8. The summed E-state index contributed by atoms with van der Waals surface area (Å²) in [5, 5.41) is 2.92. The average Bonchev–Trinajstić information content (AvgIpc) is 3.77. The van der Waals surface area contributed by atoms with Crippen LogP contribution in [0.2, 0.25) is 0 Å². The minimum atomic E-state index is -4.53. The molecule has 9 nitrogen and oxygen atoms in total. The minimum Gasteiger partial charge on any atom is -0.362 e. The second-order valence-electron chi connectivity index (χ2n) is 9.51. The molecule has 3 aromatic heterocycles. The summed E-state index contributed by atoms with van der Waals surface area (Å²) in [6, 6.07) is 1.89. The predicted octanol–water partition coefficient (Wildman–Crippen LogP) is 5.34. The number of nitrogens with one attached hydrogen (secondary N) is 1. The van der Waals surface area contributed by atoms with Crippen molar-refractivity contribution in [2.24, 2.45) is 4.99 Å². The van der Waals surface area contributed by atoms with Crippen LogP contribution >= 0.6 is 11.8 Å². The number of amidine groups is 1. The Morgan fingerprint density at radius 3 is 2.55 bits per heavy atom. The van der Waals surface area contributed by atoms with Crippen molar-refractivity contribution in [3.05, 3.63) is 47.4 Å². The van der Waals surface area contributed by atoms with Crippen LogP contribution in [0.1, 0.15) is 55.4 Å². The molecule has 0 radical (unpaired) electrons. The lowest BCUT2D eigenvalue weighted by Crippen LogP contribution is -2.41. The van der Waals surface area contributed by atoms with E-state index in [1.54, 1.807) is 31.8 Å². The maximum atomic E-state index is 13.8. The van der Waals surface area contributed by atoms with Gasteiger partial charge in [-0.25, -0.2) is 24.9 Å². The zero-order chi connectivity index (χ0) is 29.0. The first-order valence-electron chi connectivity index (χ1n) is 12.9. The first-order valence-corrected chi connectivity index (χ1v) is 13.9. The summed E-state index contributed by atoms with van der Waals surface area (Å²) in [5.74, 6) is 1.24. The van der Waals surface area contributed by atoms with E-state index in [1.165, 1.54) is 13.4 Å². The second-order valence-corrected chi connectivity index (χ2v) is 10.9. The summed E-state index contributed by atoms with van der Waals surface area (Å²) in [5.41, 5.74) is 3.08. The first kappa shape index (κ1) is 29.4. The van der Waals surface area contributed by atoms with Gasteiger partial charge in [0.25, 0.3) is 0 Å². The van der Waals surface area contributed by atoms with Gasteiger partial charge in [0, 0.05) is 24.1 Å². The number of alkyl halides is 3. The Balaban J connectivity index is 1.75. The maximum Gasteiger partial charge on any atom is 0.408 e. The Hall–Kier alpha value is -3.61. The number of carbonyl (C=O) groups is 1. The standard InChI is InChI=1S/C27H31F3N8OS/c1-6-40-20-10-9-19(31-12-20)11-32-21(13-39)36-23-16(3)35-25(37-26(23)38(5)17(4)27(28,29)30)22-15(2)33-14-34-24(22)18-7-8-18/h9-10,12-14,17-18H,6-8,11H2,1-5H3,(H,32,36). The van der Waals surface area contributed by atoms with Crippen molar-refractivity contribution < 1.29 is 18.0 Å². The van der Waals surface area contributed by atoms with Gasteiger partial charge in [-0.2, -0.15) is 13.2 Å². The number of rotatable bonds is 10. The molecule has 212 valence electrons. The minimum absolute atomic E-state index is 0.0575. The van der Waals surface area contributed by atoms with Crippen LogP contribution in [-0.2, 0) is 11.3 Å². The summed E-state index contributed by atoms with van der Waals surface area (Å²) in [6.45, 7) is 6.71. The summed E-state index contributed by atoms with van der Waals surface area (Å²) in [6.07, 6.45) is 1.13. The number of aliphatic imine (C=N–C) groups is 1. The molecule has 1 atom stereocenters. The molecule has 0 spiro atoms. The van der Waals surface area contributed by atoms with Crippen LogP contribution < -0.4 is 10.2 Å². The molecule has 0 bridgehead atoms. The lowest BCUT2D eigenvalue weighted by atomic mass is 10.1. The van der Waals surface area contributed by atoms with E-state index in [9.17, 15) is 18.0 Å². The van der Waals surface area contributed by atoms with E-state index in [4.69, 9.17) is 0 Å². The van der Waals surface area contributed by atoms with Crippen molar-refractivity contribution in [2.75, 3.05) is 17.7 Å². The van der Waals surface area contributed by atoms with Crippen LogP contribution in [0.4, 0.5) is 24.7 Å². The van der Waals surface area contributed by atoms with Crippen molar-refractivity contribution in [3.8, 4) is 11.4 Å². The SMILES string of the molecule is CCSc1ccc(CN/C(C=O)=N/c2c(C)nc(-c3c(C)ncnc3C3CC3)nc2N(C)C(C)C(F)(F)F)nc1. The molecule has 1 unspecified atom stereocenters. The van der Waals surface area contributed by atoms with Crippen LogP contribution in [0.15, 0.2) is 34.5 Å². The highest BCUT2D eigenvalue weighted by molar-refractivity contribution is 7.99. The highest BCUT2D eigenvalue weighted by atomic mass is 32.2. The van der Waals surface area contributed by atoms with E-state index in [2.05, 4.69) is 35.2 Å². The smallest absolute Gasteiger partial charge is 0.362 e. The van der Waals surface area contributed by atoms with Gasteiger partial charge in [-0.1, -0.05) is 6.92 Å². The number of anilines is 1. The fourth-order valence-corrected chi connectivity index (χ4v) is 4.68. The van der Waals surface area contributed by atoms with Crippen LogP contribution in [0.5, 0.6) is 0 Å². The number of aryl methyl sites for hydroxylation is 2. The van der Waals surface area contributed by atoms with Gasteiger partial charge < -0.3 is 10.2 Å². The van der Waals surface area contributed by atoms with Crippen LogP contribution in [0.3, 0.4) is 0 Å². The lowest BCUT2D eigenvalue weighted by Gasteiger charge is -2.29. The van der Waals surface area contributed by atoms with Gasteiger partial charge >= 0.3 is 6.18 Å². The van der Waals surface area contributed by atoms with Crippen molar-refractivity contribution in [1.29, 1.82) is 0 Å². The van der Waals surface area contributed by atoms with Gasteiger partial charge in [0.15, 0.2) is 23.8 Å². The molecular formula is C27H31F3N8OS. The highest BCUT2D eigenvalue weighted by Gasteiger charge is 2.40. The van der Waals surface area contributed by atoms with E-state index < -0.39 is 12.2 Å². The number of pyridine rings is 1. The lowest BCUT2D eigenvalue weighted by molar-refractivity contribution is -0.144.